The van der Waals surface area contributed by atoms with E-state index >= 15 is 0 Å². The highest BCUT2D eigenvalue weighted by molar-refractivity contribution is 7.92. The average molecular weight is 399 g/mol. The number of rotatable bonds is 9. The van der Waals surface area contributed by atoms with Gasteiger partial charge < -0.3 is 9.47 Å². The predicted octanol–water partition coefficient (Wildman–Crippen LogP) is 3.30. The van der Waals surface area contributed by atoms with Crippen molar-refractivity contribution in [3.8, 4) is 11.6 Å². The highest BCUT2D eigenvalue weighted by Crippen LogP contribution is 2.22. The molecule has 7 nitrogen and oxygen atoms in total. The maximum atomic E-state index is 12.6. The largest absolute Gasteiger partial charge is 0.490 e. The summed E-state index contributed by atoms with van der Waals surface area (Å²) in [4.78, 5) is 8.25. The number of aromatic nitrogens is 2. The first kappa shape index (κ1) is 19.6. The zero-order valence-electron chi connectivity index (χ0n) is 15.4. The summed E-state index contributed by atoms with van der Waals surface area (Å²) in [5.74, 6) is 0.844. The molecule has 0 atom stereocenters. The summed E-state index contributed by atoms with van der Waals surface area (Å²) in [6, 6.07) is 16.0. The molecule has 0 unspecified atom stereocenters. The van der Waals surface area contributed by atoms with Crippen molar-refractivity contribution in [3.63, 3.8) is 0 Å². The fourth-order valence-electron chi connectivity index (χ4n) is 2.41. The molecular formula is C20H21N3O4S. The summed E-state index contributed by atoms with van der Waals surface area (Å²) in [7, 11) is -3.80. The number of sulfonamides is 1. The Balaban J connectivity index is 1.64. The summed E-state index contributed by atoms with van der Waals surface area (Å²) >= 11 is 0. The second kappa shape index (κ2) is 9.18. The number of aryl methyl sites for hydroxylation is 1. The number of ether oxygens (including phenoxy) is 2. The van der Waals surface area contributed by atoms with Crippen LogP contribution >= 0.6 is 0 Å². The van der Waals surface area contributed by atoms with Crippen molar-refractivity contribution in [1.29, 1.82) is 0 Å². The summed E-state index contributed by atoms with van der Waals surface area (Å²) in [5, 5.41) is 0. The van der Waals surface area contributed by atoms with Crippen LogP contribution < -0.4 is 14.2 Å². The molecule has 0 bridgehead atoms. The third-order valence-corrected chi connectivity index (χ3v) is 5.23. The van der Waals surface area contributed by atoms with Gasteiger partial charge in [-0.25, -0.2) is 18.4 Å². The van der Waals surface area contributed by atoms with E-state index in [4.69, 9.17) is 9.47 Å². The van der Waals surface area contributed by atoms with Gasteiger partial charge in [0.05, 0.1) is 4.90 Å². The van der Waals surface area contributed by atoms with Crippen molar-refractivity contribution in [2.24, 2.45) is 0 Å². The molecule has 0 saturated carbocycles. The minimum absolute atomic E-state index is 0.0294. The fraction of sp³-hybridized carbons (Fsp3) is 0.200. The zero-order valence-corrected chi connectivity index (χ0v) is 16.2. The quantitative estimate of drug-likeness (QED) is 0.555. The maximum absolute atomic E-state index is 12.6. The van der Waals surface area contributed by atoms with E-state index in [0.29, 0.717) is 0 Å². The molecule has 1 aromatic heterocycles. The SMILES string of the molecule is CCc1ccc(S(=O)(=O)Nc2nccnc2OCCOc2ccccc2)cc1. The molecule has 146 valence electrons. The third-order valence-electron chi connectivity index (χ3n) is 3.87. The fourth-order valence-corrected chi connectivity index (χ4v) is 3.41. The number of benzene rings is 2. The van der Waals surface area contributed by atoms with Crippen LogP contribution in [0.3, 0.4) is 0 Å². The van der Waals surface area contributed by atoms with Gasteiger partial charge in [0.15, 0.2) is 0 Å². The topological polar surface area (TPSA) is 90.4 Å². The van der Waals surface area contributed by atoms with Crippen molar-refractivity contribution < 1.29 is 17.9 Å². The van der Waals surface area contributed by atoms with Crippen LogP contribution in [0.25, 0.3) is 0 Å². The van der Waals surface area contributed by atoms with Gasteiger partial charge in [-0.15, -0.1) is 0 Å². The van der Waals surface area contributed by atoms with Gasteiger partial charge in [-0.2, -0.15) is 0 Å². The molecule has 8 heteroatoms. The van der Waals surface area contributed by atoms with Crippen LogP contribution in [0, 0.1) is 0 Å². The van der Waals surface area contributed by atoms with Gasteiger partial charge in [0.2, 0.25) is 5.82 Å². The normalized spacial score (nSPS) is 11.0. The molecule has 0 radical (unpaired) electrons. The van der Waals surface area contributed by atoms with Gasteiger partial charge >= 0.3 is 0 Å². The Labute approximate surface area is 164 Å². The number of hydrogen-bond acceptors (Lipinski definition) is 6. The minimum atomic E-state index is -3.80. The molecule has 1 N–H and O–H groups in total. The van der Waals surface area contributed by atoms with E-state index in [2.05, 4.69) is 14.7 Å². The first-order chi connectivity index (χ1) is 13.6. The Bertz CT molecular complexity index is 993. The number of nitrogens with zero attached hydrogens (tertiary/aromatic N) is 2. The number of hydrogen-bond donors (Lipinski definition) is 1. The molecule has 0 amide bonds. The molecule has 2 aromatic carbocycles. The van der Waals surface area contributed by atoms with Crippen LogP contribution in [0.4, 0.5) is 5.82 Å². The van der Waals surface area contributed by atoms with Gasteiger partial charge in [-0.05, 0) is 36.2 Å². The van der Waals surface area contributed by atoms with Crippen molar-refractivity contribution >= 4 is 15.8 Å². The Kier molecular flexibility index (Phi) is 6.44. The Hall–Kier alpha value is -3.13. The van der Waals surface area contributed by atoms with Crippen molar-refractivity contribution in [3.05, 3.63) is 72.6 Å². The number of anilines is 1. The lowest BCUT2D eigenvalue weighted by Crippen LogP contribution is -2.16. The second-order valence-corrected chi connectivity index (χ2v) is 7.51. The molecule has 0 spiro atoms. The van der Waals surface area contributed by atoms with Gasteiger partial charge in [-0.3, -0.25) is 4.72 Å². The Morgan fingerprint density at radius 1 is 0.893 bits per heavy atom. The lowest BCUT2D eigenvalue weighted by Gasteiger charge is -2.12. The second-order valence-electron chi connectivity index (χ2n) is 5.82. The lowest BCUT2D eigenvalue weighted by atomic mass is 10.2. The average Bonchev–Trinajstić information content (AvgIpc) is 2.73. The Morgan fingerprint density at radius 2 is 1.57 bits per heavy atom. The van der Waals surface area contributed by atoms with Crippen LogP contribution in [0.15, 0.2) is 71.9 Å². The monoisotopic (exact) mass is 399 g/mol. The molecule has 0 saturated heterocycles. The zero-order chi connectivity index (χ0) is 19.8. The lowest BCUT2D eigenvalue weighted by molar-refractivity contribution is 0.212. The number of para-hydroxylation sites is 1. The third kappa shape index (κ3) is 5.20. The molecule has 3 rings (SSSR count). The summed E-state index contributed by atoms with van der Waals surface area (Å²) in [6.07, 6.45) is 3.66. The summed E-state index contributed by atoms with van der Waals surface area (Å²) < 4.78 is 38.7. The first-order valence-electron chi connectivity index (χ1n) is 8.82. The highest BCUT2D eigenvalue weighted by Gasteiger charge is 2.18. The van der Waals surface area contributed by atoms with E-state index in [-0.39, 0.29) is 29.8 Å². The van der Waals surface area contributed by atoms with Crippen LogP contribution in [0.2, 0.25) is 0 Å². The van der Waals surface area contributed by atoms with Gasteiger partial charge in [0.1, 0.15) is 19.0 Å². The molecular weight excluding hydrogens is 378 g/mol. The minimum Gasteiger partial charge on any atom is -0.490 e. The van der Waals surface area contributed by atoms with E-state index in [9.17, 15) is 8.42 Å². The molecule has 0 aliphatic heterocycles. The molecule has 1 heterocycles. The standard InChI is InChI=1S/C20H21N3O4S/c1-2-16-8-10-18(11-9-16)28(24,25)23-19-20(22-13-12-21-19)27-15-14-26-17-6-4-3-5-7-17/h3-13H,2,14-15H2,1H3,(H,21,23). The van der Waals surface area contributed by atoms with Crippen molar-refractivity contribution in [2.45, 2.75) is 18.2 Å². The first-order valence-corrected chi connectivity index (χ1v) is 10.3. The number of nitrogens with one attached hydrogen (secondary N) is 1. The van der Waals surface area contributed by atoms with Crippen molar-refractivity contribution in [1.82, 2.24) is 9.97 Å². The molecule has 0 fully saturated rings. The van der Waals surface area contributed by atoms with E-state index in [1.54, 1.807) is 24.3 Å². The van der Waals surface area contributed by atoms with Gasteiger partial charge in [0.25, 0.3) is 15.9 Å². The van der Waals surface area contributed by atoms with Crippen LogP contribution in [0.1, 0.15) is 12.5 Å². The van der Waals surface area contributed by atoms with E-state index in [1.165, 1.54) is 12.4 Å². The van der Waals surface area contributed by atoms with E-state index < -0.39 is 10.0 Å². The van der Waals surface area contributed by atoms with Crippen LogP contribution in [-0.4, -0.2) is 31.6 Å². The molecule has 0 aliphatic rings. The van der Waals surface area contributed by atoms with Gasteiger partial charge in [-0.1, -0.05) is 37.3 Å². The Morgan fingerprint density at radius 3 is 2.29 bits per heavy atom. The molecule has 3 aromatic rings. The van der Waals surface area contributed by atoms with Crippen LogP contribution in [-0.2, 0) is 16.4 Å². The van der Waals surface area contributed by atoms with Crippen LogP contribution in [0.5, 0.6) is 11.6 Å². The molecule has 28 heavy (non-hydrogen) atoms. The van der Waals surface area contributed by atoms with E-state index in [1.807, 2.05) is 37.3 Å². The van der Waals surface area contributed by atoms with E-state index in [0.717, 1.165) is 17.7 Å². The smallest absolute Gasteiger partial charge is 0.263 e. The predicted molar refractivity (Wildman–Crippen MR) is 106 cm³/mol. The van der Waals surface area contributed by atoms with Crippen molar-refractivity contribution in [2.75, 3.05) is 17.9 Å². The highest BCUT2D eigenvalue weighted by atomic mass is 32.2. The summed E-state index contributed by atoms with van der Waals surface area (Å²) in [6.45, 7) is 2.48. The molecule has 0 aliphatic carbocycles. The maximum Gasteiger partial charge on any atom is 0.263 e. The summed E-state index contributed by atoms with van der Waals surface area (Å²) in [5.41, 5.74) is 1.06. The van der Waals surface area contributed by atoms with Gasteiger partial charge in [0, 0.05) is 12.4 Å².